The molecule has 1 aliphatic carbocycles. The van der Waals surface area contributed by atoms with E-state index in [4.69, 9.17) is 4.74 Å². The van der Waals surface area contributed by atoms with Crippen molar-refractivity contribution in [2.24, 2.45) is 5.92 Å². The Morgan fingerprint density at radius 1 is 1.03 bits per heavy atom. The number of nitrogens with one attached hydrogen (secondary N) is 1. The van der Waals surface area contributed by atoms with E-state index >= 15 is 0 Å². The van der Waals surface area contributed by atoms with Gasteiger partial charge in [-0.25, -0.2) is 0 Å². The summed E-state index contributed by atoms with van der Waals surface area (Å²) in [4.78, 5) is 39.6. The molecule has 6 nitrogen and oxygen atoms in total. The standard InChI is InChI=1S/C24H26N2O4/c27-21-15-19(16-26(21)14-13-17-7-3-1-4-8-17)24(29)30-22(18-9-5-2-6-10-18)23(28)25-20-11-12-20/h1-10,19-20,22H,11-16H2,(H,25,28)/t19-,22-/m0/s1. The quantitative estimate of drug-likeness (QED) is 0.684. The zero-order valence-electron chi connectivity index (χ0n) is 16.8. The monoisotopic (exact) mass is 406 g/mol. The van der Waals surface area contributed by atoms with Gasteiger partial charge in [-0.1, -0.05) is 60.7 Å². The first-order chi connectivity index (χ1) is 14.6. The van der Waals surface area contributed by atoms with Gasteiger partial charge >= 0.3 is 5.97 Å². The van der Waals surface area contributed by atoms with Crippen molar-refractivity contribution in [3.05, 3.63) is 71.8 Å². The lowest BCUT2D eigenvalue weighted by Crippen LogP contribution is -2.35. The Kier molecular flexibility index (Phi) is 6.12. The van der Waals surface area contributed by atoms with Crippen molar-refractivity contribution in [1.29, 1.82) is 0 Å². The second-order valence-corrected chi connectivity index (χ2v) is 7.99. The maximum atomic E-state index is 12.8. The smallest absolute Gasteiger partial charge is 0.312 e. The van der Waals surface area contributed by atoms with Gasteiger partial charge < -0.3 is 15.0 Å². The number of nitrogens with zero attached hydrogens (tertiary/aromatic N) is 1. The number of hydrogen-bond donors (Lipinski definition) is 1. The lowest BCUT2D eigenvalue weighted by Gasteiger charge is -2.20. The van der Waals surface area contributed by atoms with E-state index in [1.807, 2.05) is 48.5 Å². The van der Waals surface area contributed by atoms with Gasteiger partial charge in [-0.15, -0.1) is 0 Å². The molecule has 2 aromatic carbocycles. The van der Waals surface area contributed by atoms with E-state index in [1.54, 1.807) is 17.0 Å². The van der Waals surface area contributed by atoms with Crippen LogP contribution in [0.3, 0.4) is 0 Å². The van der Waals surface area contributed by atoms with Crippen LogP contribution in [0.2, 0.25) is 0 Å². The fourth-order valence-corrected chi connectivity index (χ4v) is 3.67. The highest BCUT2D eigenvalue weighted by Gasteiger charge is 2.38. The third-order valence-corrected chi connectivity index (χ3v) is 5.56. The summed E-state index contributed by atoms with van der Waals surface area (Å²) >= 11 is 0. The van der Waals surface area contributed by atoms with Crippen LogP contribution in [0.25, 0.3) is 0 Å². The predicted molar refractivity (Wildman–Crippen MR) is 111 cm³/mol. The molecule has 156 valence electrons. The van der Waals surface area contributed by atoms with Gasteiger partial charge in [-0.2, -0.15) is 0 Å². The van der Waals surface area contributed by atoms with Crippen LogP contribution in [-0.4, -0.2) is 41.8 Å². The summed E-state index contributed by atoms with van der Waals surface area (Å²) in [5.74, 6) is -1.40. The second kappa shape index (κ2) is 9.11. The molecule has 1 N–H and O–H groups in total. The van der Waals surface area contributed by atoms with Crippen LogP contribution in [0.15, 0.2) is 60.7 Å². The van der Waals surface area contributed by atoms with Crippen molar-refractivity contribution in [1.82, 2.24) is 10.2 Å². The average molecular weight is 406 g/mol. The second-order valence-electron chi connectivity index (χ2n) is 7.99. The van der Waals surface area contributed by atoms with E-state index in [1.165, 1.54) is 0 Å². The van der Waals surface area contributed by atoms with Gasteiger partial charge in [0.2, 0.25) is 12.0 Å². The molecule has 2 atom stereocenters. The van der Waals surface area contributed by atoms with Gasteiger partial charge in [-0.3, -0.25) is 14.4 Å². The van der Waals surface area contributed by atoms with Crippen LogP contribution < -0.4 is 5.32 Å². The van der Waals surface area contributed by atoms with Gasteiger partial charge in [0.05, 0.1) is 5.92 Å². The van der Waals surface area contributed by atoms with Crippen molar-refractivity contribution in [2.45, 2.75) is 37.8 Å². The summed E-state index contributed by atoms with van der Waals surface area (Å²) in [7, 11) is 0. The molecule has 0 unspecified atom stereocenters. The molecule has 0 radical (unpaired) electrons. The number of ether oxygens (including phenoxy) is 1. The maximum absolute atomic E-state index is 12.8. The average Bonchev–Trinajstić information content (AvgIpc) is 3.51. The van der Waals surface area contributed by atoms with Gasteiger partial charge in [0.15, 0.2) is 0 Å². The normalized spacial score (nSPS) is 19.4. The molecule has 1 saturated carbocycles. The number of benzene rings is 2. The molecular formula is C24H26N2O4. The molecule has 30 heavy (non-hydrogen) atoms. The van der Waals surface area contributed by atoms with Crippen molar-refractivity contribution in [3.8, 4) is 0 Å². The zero-order chi connectivity index (χ0) is 20.9. The van der Waals surface area contributed by atoms with Gasteiger partial charge in [0, 0.05) is 31.1 Å². The number of hydrogen-bond acceptors (Lipinski definition) is 4. The number of amides is 2. The summed E-state index contributed by atoms with van der Waals surface area (Å²) in [6.07, 6.45) is 1.78. The Balaban J connectivity index is 1.37. The summed E-state index contributed by atoms with van der Waals surface area (Å²) in [6.45, 7) is 0.896. The third kappa shape index (κ3) is 5.06. The molecule has 1 saturated heterocycles. The maximum Gasteiger partial charge on any atom is 0.312 e. The molecule has 4 rings (SSSR count). The molecule has 0 spiro atoms. The number of carbonyl (C=O) groups excluding carboxylic acids is 3. The largest absolute Gasteiger partial charge is 0.447 e. The Bertz CT molecular complexity index is 896. The Morgan fingerprint density at radius 3 is 2.37 bits per heavy atom. The number of carbonyl (C=O) groups is 3. The molecule has 2 aliphatic rings. The molecule has 2 fully saturated rings. The Labute approximate surface area is 176 Å². The van der Waals surface area contributed by atoms with E-state index in [9.17, 15) is 14.4 Å². The zero-order valence-corrected chi connectivity index (χ0v) is 16.8. The highest BCUT2D eigenvalue weighted by Crippen LogP contribution is 2.26. The van der Waals surface area contributed by atoms with E-state index in [0.717, 1.165) is 24.8 Å². The first-order valence-electron chi connectivity index (χ1n) is 10.5. The van der Waals surface area contributed by atoms with Gasteiger partial charge in [0.1, 0.15) is 0 Å². The highest BCUT2D eigenvalue weighted by atomic mass is 16.5. The molecule has 0 bridgehead atoms. The summed E-state index contributed by atoms with van der Waals surface area (Å²) in [5.41, 5.74) is 1.78. The van der Waals surface area contributed by atoms with Gasteiger partial charge in [-0.05, 0) is 24.8 Å². The minimum atomic E-state index is -0.993. The molecule has 6 heteroatoms. The third-order valence-electron chi connectivity index (χ3n) is 5.56. The van der Waals surface area contributed by atoms with E-state index in [2.05, 4.69) is 5.32 Å². The minimum Gasteiger partial charge on any atom is -0.447 e. The summed E-state index contributed by atoms with van der Waals surface area (Å²) in [5, 5.41) is 2.91. The summed E-state index contributed by atoms with van der Waals surface area (Å²) < 4.78 is 5.64. The Morgan fingerprint density at radius 2 is 1.70 bits per heavy atom. The first-order valence-corrected chi connectivity index (χ1v) is 10.5. The lowest BCUT2D eigenvalue weighted by molar-refractivity contribution is -0.160. The predicted octanol–water partition coefficient (Wildman–Crippen LogP) is 2.64. The van der Waals surface area contributed by atoms with Gasteiger partial charge in [0.25, 0.3) is 5.91 Å². The first kappa shape index (κ1) is 20.1. The minimum absolute atomic E-state index is 0.0495. The summed E-state index contributed by atoms with van der Waals surface area (Å²) in [6, 6.07) is 19.1. The highest BCUT2D eigenvalue weighted by molar-refractivity contribution is 5.89. The lowest BCUT2D eigenvalue weighted by atomic mass is 10.1. The molecule has 1 aliphatic heterocycles. The molecule has 2 amide bonds. The van der Waals surface area contributed by atoms with E-state index in [-0.39, 0.29) is 24.3 Å². The number of rotatable bonds is 8. The van der Waals surface area contributed by atoms with Crippen molar-refractivity contribution < 1.29 is 19.1 Å². The van der Waals surface area contributed by atoms with Crippen LogP contribution in [0, 0.1) is 5.92 Å². The molecule has 2 aromatic rings. The van der Waals surface area contributed by atoms with Crippen LogP contribution in [0.4, 0.5) is 0 Å². The van der Waals surface area contributed by atoms with Crippen LogP contribution in [-0.2, 0) is 25.5 Å². The van der Waals surface area contributed by atoms with E-state index in [0.29, 0.717) is 18.7 Å². The van der Waals surface area contributed by atoms with E-state index < -0.39 is 18.0 Å². The topological polar surface area (TPSA) is 75.7 Å². The fraction of sp³-hybridized carbons (Fsp3) is 0.375. The molecular weight excluding hydrogens is 380 g/mol. The number of esters is 1. The molecule has 1 heterocycles. The van der Waals surface area contributed by atoms with Crippen LogP contribution in [0.1, 0.15) is 36.5 Å². The molecule has 0 aromatic heterocycles. The van der Waals surface area contributed by atoms with Crippen LogP contribution in [0.5, 0.6) is 0 Å². The van der Waals surface area contributed by atoms with Crippen LogP contribution >= 0.6 is 0 Å². The Hall–Kier alpha value is -3.15. The SMILES string of the molecule is O=C(O[C@H](C(=O)NC1CC1)c1ccccc1)[C@H]1CC(=O)N(CCc2ccccc2)C1. The van der Waals surface area contributed by atoms with Crippen molar-refractivity contribution in [3.63, 3.8) is 0 Å². The van der Waals surface area contributed by atoms with Crippen molar-refractivity contribution >= 4 is 17.8 Å². The van der Waals surface area contributed by atoms with Crippen molar-refractivity contribution in [2.75, 3.05) is 13.1 Å². The number of likely N-dealkylation sites (tertiary alicyclic amines) is 1. The fourth-order valence-electron chi connectivity index (χ4n) is 3.67.